The van der Waals surface area contributed by atoms with Gasteiger partial charge in [0.2, 0.25) is 0 Å². The van der Waals surface area contributed by atoms with Crippen molar-refractivity contribution in [3.8, 4) is 11.1 Å². The molecule has 3 aromatic heterocycles. The number of aromatic nitrogens is 4. The standard InChI is InChI=1S/C23H17N3OS.C18H25N3O/c24-26-22(13-8-9-13)25-19-11-10-14(12-18(19)23(26)27)15-5-3-6-17-16-4-1-2-7-20(16)28-21(15)17;1-18(2,3)13-10-8-12(9-11-13)16-20-15-7-5-4-6-14(15)17(22)21(16)19/h1-7,10-13H,8-9,24H2;4-7,12-13H,8-11,19H2,1-3H3. The first-order valence-corrected chi connectivity index (χ1v) is 18.4. The van der Waals surface area contributed by atoms with Crippen molar-refractivity contribution in [2.45, 2.75) is 71.1 Å². The molecule has 2 saturated carbocycles. The van der Waals surface area contributed by atoms with E-state index in [4.69, 9.17) is 11.7 Å². The Morgan fingerprint density at radius 3 is 1.86 bits per heavy atom. The first-order chi connectivity index (χ1) is 24.1. The molecule has 0 unspecified atom stereocenters. The van der Waals surface area contributed by atoms with Crippen molar-refractivity contribution >= 4 is 53.3 Å². The first kappa shape index (κ1) is 32.2. The summed E-state index contributed by atoms with van der Waals surface area (Å²) in [6.07, 6.45) is 6.59. The molecule has 50 heavy (non-hydrogen) atoms. The van der Waals surface area contributed by atoms with E-state index in [1.54, 1.807) is 17.4 Å². The van der Waals surface area contributed by atoms with Crippen LogP contribution < -0.4 is 22.8 Å². The molecule has 3 heterocycles. The molecule has 0 saturated heterocycles. The lowest BCUT2D eigenvalue weighted by atomic mass is 9.69. The highest BCUT2D eigenvalue weighted by atomic mass is 32.1. The van der Waals surface area contributed by atoms with E-state index >= 15 is 0 Å². The second-order valence-electron chi connectivity index (χ2n) is 15.0. The number of hydrogen-bond acceptors (Lipinski definition) is 7. The van der Waals surface area contributed by atoms with Crippen LogP contribution in [-0.4, -0.2) is 19.3 Å². The van der Waals surface area contributed by atoms with Crippen molar-refractivity contribution in [2.24, 2.45) is 11.3 Å². The van der Waals surface area contributed by atoms with Crippen LogP contribution in [0.2, 0.25) is 0 Å². The number of thiophene rings is 1. The van der Waals surface area contributed by atoms with Gasteiger partial charge in [0.15, 0.2) is 0 Å². The molecule has 0 aliphatic heterocycles. The van der Waals surface area contributed by atoms with E-state index in [9.17, 15) is 9.59 Å². The van der Waals surface area contributed by atoms with E-state index in [0.717, 1.165) is 59.6 Å². The second kappa shape index (κ2) is 12.4. The maximum absolute atomic E-state index is 12.9. The molecule has 7 aromatic rings. The van der Waals surface area contributed by atoms with Gasteiger partial charge < -0.3 is 11.7 Å². The summed E-state index contributed by atoms with van der Waals surface area (Å²) < 4.78 is 5.01. The highest BCUT2D eigenvalue weighted by molar-refractivity contribution is 7.26. The Morgan fingerprint density at radius 2 is 1.20 bits per heavy atom. The number of nitrogen functional groups attached to an aromatic ring is 2. The van der Waals surface area contributed by atoms with Crippen LogP contribution >= 0.6 is 11.3 Å². The molecule has 4 aromatic carbocycles. The van der Waals surface area contributed by atoms with Crippen molar-refractivity contribution in [1.29, 1.82) is 0 Å². The maximum Gasteiger partial charge on any atom is 0.279 e. The molecular weight excluding hydrogens is 641 g/mol. The summed E-state index contributed by atoms with van der Waals surface area (Å²) in [6.45, 7) is 6.93. The molecule has 0 bridgehead atoms. The number of benzene rings is 4. The fourth-order valence-corrected chi connectivity index (χ4v) is 8.89. The smallest absolute Gasteiger partial charge is 0.279 e. The van der Waals surface area contributed by atoms with Gasteiger partial charge in [-0.05, 0) is 91.3 Å². The topological polar surface area (TPSA) is 122 Å². The van der Waals surface area contributed by atoms with Crippen LogP contribution in [0, 0.1) is 11.3 Å². The Morgan fingerprint density at radius 1 is 0.640 bits per heavy atom. The fraction of sp³-hybridized carbons (Fsp3) is 0.317. The van der Waals surface area contributed by atoms with Crippen LogP contribution in [0.5, 0.6) is 0 Å². The van der Waals surface area contributed by atoms with Crippen LogP contribution in [0.1, 0.15) is 82.8 Å². The lowest BCUT2D eigenvalue weighted by Gasteiger charge is -2.36. The van der Waals surface area contributed by atoms with Crippen molar-refractivity contribution in [2.75, 3.05) is 11.7 Å². The van der Waals surface area contributed by atoms with Crippen LogP contribution in [0.15, 0.2) is 94.5 Å². The van der Waals surface area contributed by atoms with Crippen LogP contribution in [0.3, 0.4) is 0 Å². The molecule has 4 N–H and O–H groups in total. The molecule has 2 aliphatic rings. The summed E-state index contributed by atoms with van der Waals surface area (Å²) in [5.41, 5.74) is 3.67. The van der Waals surface area contributed by atoms with E-state index in [2.05, 4.69) is 79.3 Å². The van der Waals surface area contributed by atoms with Gasteiger partial charge in [-0.25, -0.2) is 19.3 Å². The van der Waals surface area contributed by atoms with Gasteiger partial charge in [0.25, 0.3) is 11.1 Å². The number of hydrogen-bond donors (Lipinski definition) is 2. The summed E-state index contributed by atoms with van der Waals surface area (Å²) in [4.78, 5) is 34.6. The predicted octanol–water partition coefficient (Wildman–Crippen LogP) is 8.45. The molecule has 2 fully saturated rings. The summed E-state index contributed by atoms with van der Waals surface area (Å²) >= 11 is 1.79. The Bertz CT molecular complexity index is 2530. The van der Waals surface area contributed by atoms with Gasteiger partial charge in [-0.2, -0.15) is 0 Å². The quantitative estimate of drug-likeness (QED) is 0.180. The average molecular weight is 683 g/mol. The first-order valence-electron chi connectivity index (χ1n) is 17.6. The summed E-state index contributed by atoms with van der Waals surface area (Å²) in [5.74, 6) is 14.9. The Kier molecular flexibility index (Phi) is 7.98. The summed E-state index contributed by atoms with van der Waals surface area (Å²) in [7, 11) is 0. The van der Waals surface area contributed by atoms with Gasteiger partial charge in [0.05, 0.1) is 21.8 Å². The van der Waals surface area contributed by atoms with Gasteiger partial charge in [0.1, 0.15) is 11.6 Å². The van der Waals surface area contributed by atoms with Crippen LogP contribution in [0.25, 0.3) is 53.1 Å². The SMILES string of the molecule is CC(C)(C)C1CCC(c2nc3ccccc3c(=O)n2N)CC1.Nn1c(C2CC2)nc2ccc(-c3cccc4c3sc3ccccc34)cc2c1=O. The van der Waals surface area contributed by atoms with Crippen molar-refractivity contribution in [3.63, 3.8) is 0 Å². The van der Waals surface area contributed by atoms with E-state index in [1.165, 1.54) is 42.4 Å². The highest BCUT2D eigenvalue weighted by Gasteiger charge is 2.32. The molecule has 8 nitrogen and oxygen atoms in total. The third-order valence-electron chi connectivity index (χ3n) is 10.7. The van der Waals surface area contributed by atoms with Crippen LogP contribution in [0.4, 0.5) is 0 Å². The lowest BCUT2D eigenvalue weighted by molar-refractivity contribution is 0.166. The summed E-state index contributed by atoms with van der Waals surface area (Å²) in [6, 6.07) is 28.2. The number of rotatable bonds is 3. The molecule has 0 amide bonds. The minimum atomic E-state index is -0.169. The lowest BCUT2D eigenvalue weighted by Crippen LogP contribution is -2.34. The van der Waals surface area contributed by atoms with E-state index in [-0.39, 0.29) is 11.1 Å². The molecule has 9 rings (SSSR count). The number of fused-ring (bicyclic) bond motifs is 5. The highest BCUT2D eigenvalue weighted by Crippen LogP contribution is 2.43. The van der Waals surface area contributed by atoms with E-state index < -0.39 is 0 Å². The predicted molar refractivity (Wildman–Crippen MR) is 207 cm³/mol. The largest absolute Gasteiger partial charge is 0.335 e. The Balaban J connectivity index is 0.000000149. The zero-order valence-electron chi connectivity index (χ0n) is 28.7. The zero-order chi connectivity index (χ0) is 34.7. The second-order valence-corrected chi connectivity index (χ2v) is 16.1. The minimum absolute atomic E-state index is 0.140. The minimum Gasteiger partial charge on any atom is -0.335 e. The molecule has 254 valence electrons. The van der Waals surface area contributed by atoms with Crippen LogP contribution in [-0.2, 0) is 0 Å². The van der Waals surface area contributed by atoms with Crippen molar-refractivity contribution in [1.82, 2.24) is 19.3 Å². The maximum atomic E-state index is 12.9. The molecule has 9 heteroatoms. The summed E-state index contributed by atoms with van der Waals surface area (Å²) in [5, 5.41) is 3.68. The normalized spacial score (nSPS) is 18.1. The number of para-hydroxylation sites is 1. The monoisotopic (exact) mass is 682 g/mol. The van der Waals surface area contributed by atoms with Crippen molar-refractivity contribution < 1.29 is 0 Å². The van der Waals surface area contributed by atoms with Gasteiger partial charge in [-0.1, -0.05) is 75.4 Å². The zero-order valence-corrected chi connectivity index (χ0v) is 29.5. The van der Waals surface area contributed by atoms with Gasteiger partial charge in [-0.15, -0.1) is 11.3 Å². The molecule has 2 aliphatic carbocycles. The van der Waals surface area contributed by atoms with Gasteiger partial charge in [0, 0.05) is 32.0 Å². The van der Waals surface area contributed by atoms with Crippen molar-refractivity contribution in [3.05, 3.63) is 117 Å². The molecule has 0 atom stereocenters. The molecule has 0 spiro atoms. The molecule has 0 radical (unpaired) electrons. The van der Waals surface area contributed by atoms with E-state index in [1.807, 2.05) is 30.3 Å². The average Bonchev–Trinajstić information content (AvgIpc) is 3.90. The Hall–Kier alpha value is -5.02. The Labute approximate surface area is 294 Å². The third kappa shape index (κ3) is 5.73. The number of nitrogens with zero attached hydrogens (tertiary/aromatic N) is 4. The van der Waals surface area contributed by atoms with E-state index in [0.29, 0.717) is 33.8 Å². The third-order valence-corrected chi connectivity index (χ3v) is 12.0. The van der Waals surface area contributed by atoms with Gasteiger partial charge >= 0.3 is 0 Å². The molecular formula is C41H42N6O2S. The van der Waals surface area contributed by atoms with Gasteiger partial charge in [-0.3, -0.25) is 9.59 Å². The number of nitrogens with two attached hydrogens (primary N) is 2. The fourth-order valence-electron chi connectivity index (χ4n) is 7.66.